The molecule has 0 aliphatic heterocycles. The van der Waals surface area contributed by atoms with E-state index in [2.05, 4.69) is 6.07 Å². The number of benzene rings is 2. The average molecular weight is 293 g/mol. The molecule has 1 nitrogen and oxygen atoms in total. The maximum absolute atomic E-state index is 13.9. The van der Waals surface area contributed by atoms with E-state index in [-0.39, 0.29) is 23.4 Å². The number of aliphatic hydroxyl groups is 1. The summed E-state index contributed by atoms with van der Waals surface area (Å²) in [4.78, 5) is 0. The largest absolute Gasteiger partial charge is 0.396 e. The molecule has 0 aliphatic carbocycles. The molecule has 0 heterocycles. The van der Waals surface area contributed by atoms with E-state index in [1.54, 1.807) is 12.1 Å². The maximum atomic E-state index is 13.9. The summed E-state index contributed by atoms with van der Waals surface area (Å²) in [6.45, 7) is 2.06. The zero-order valence-corrected chi connectivity index (χ0v) is 12.2. The predicted octanol–water partition coefficient (Wildman–Crippen LogP) is 4.18. The van der Waals surface area contributed by atoms with Crippen molar-refractivity contribution >= 4 is 11.6 Å². The van der Waals surface area contributed by atoms with Crippen LogP contribution in [0.25, 0.3) is 0 Å². The van der Waals surface area contributed by atoms with Gasteiger partial charge in [-0.05, 0) is 42.9 Å². The average Bonchev–Trinajstić information content (AvgIpc) is 2.43. The first-order valence-electron chi connectivity index (χ1n) is 6.69. The van der Waals surface area contributed by atoms with E-state index >= 15 is 0 Å². The van der Waals surface area contributed by atoms with Crippen molar-refractivity contribution in [3.63, 3.8) is 0 Å². The molecule has 0 fully saturated rings. The first-order chi connectivity index (χ1) is 9.60. The number of hydrogen-bond donors (Lipinski definition) is 1. The lowest BCUT2D eigenvalue weighted by molar-refractivity contribution is 0.224. The summed E-state index contributed by atoms with van der Waals surface area (Å²) in [5.41, 5.74) is 2.91. The third-order valence-corrected chi connectivity index (χ3v) is 3.70. The second-order valence-electron chi connectivity index (χ2n) is 5.16. The van der Waals surface area contributed by atoms with Crippen molar-refractivity contribution in [3.05, 3.63) is 70.0 Å². The van der Waals surface area contributed by atoms with Crippen LogP contribution in [0.1, 0.15) is 16.7 Å². The van der Waals surface area contributed by atoms with Crippen LogP contribution < -0.4 is 0 Å². The lowest BCUT2D eigenvalue weighted by Crippen LogP contribution is -2.14. The summed E-state index contributed by atoms with van der Waals surface area (Å²) >= 11 is 5.78. The van der Waals surface area contributed by atoms with E-state index in [0.29, 0.717) is 12.0 Å². The molecule has 0 bridgehead atoms. The fourth-order valence-corrected chi connectivity index (χ4v) is 2.58. The number of hydrogen-bond acceptors (Lipinski definition) is 1. The minimum Gasteiger partial charge on any atom is -0.396 e. The molecule has 0 saturated heterocycles. The molecule has 1 atom stereocenters. The lowest BCUT2D eigenvalue weighted by Gasteiger charge is -2.15. The molecule has 2 aromatic carbocycles. The smallest absolute Gasteiger partial charge is 0.144 e. The molecule has 0 radical (unpaired) electrons. The number of aryl methyl sites for hydroxylation is 1. The Hall–Kier alpha value is -1.38. The van der Waals surface area contributed by atoms with E-state index in [0.717, 1.165) is 12.0 Å². The van der Waals surface area contributed by atoms with Gasteiger partial charge in [0, 0.05) is 6.61 Å². The molecule has 0 saturated carbocycles. The Morgan fingerprint density at radius 2 is 1.90 bits per heavy atom. The van der Waals surface area contributed by atoms with Crippen molar-refractivity contribution in [1.82, 2.24) is 0 Å². The van der Waals surface area contributed by atoms with Gasteiger partial charge in [-0.3, -0.25) is 0 Å². The Labute approximate surface area is 124 Å². The van der Waals surface area contributed by atoms with E-state index in [1.165, 1.54) is 11.6 Å². The van der Waals surface area contributed by atoms with Crippen LogP contribution in [0.5, 0.6) is 0 Å². The molecule has 3 heteroatoms. The zero-order chi connectivity index (χ0) is 14.5. The highest BCUT2D eigenvalue weighted by Crippen LogP contribution is 2.22. The van der Waals surface area contributed by atoms with Crippen molar-refractivity contribution in [2.75, 3.05) is 6.61 Å². The molecule has 0 amide bonds. The van der Waals surface area contributed by atoms with Gasteiger partial charge >= 0.3 is 0 Å². The van der Waals surface area contributed by atoms with Crippen molar-refractivity contribution in [3.8, 4) is 0 Å². The summed E-state index contributed by atoms with van der Waals surface area (Å²) in [7, 11) is 0. The molecular formula is C17H18ClFO. The van der Waals surface area contributed by atoms with Crippen molar-refractivity contribution < 1.29 is 9.50 Å². The normalized spacial score (nSPS) is 12.4. The molecule has 106 valence electrons. The second kappa shape index (κ2) is 6.87. The van der Waals surface area contributed by atoms with Gasteiger partial charge in [0.2, 0.25) is 0 Å². The van der Waals surface area contributed by atoms with Crippen LogP contribution in [-0.2, 0) is 12.8 Å². The van der Waals surface area contributed by atoms with Crippen LogP contribution in [0.15, 0.2) is 42.5 Å². The van der Waals surface area contributed by atoms with Gasteiger partial charge in [0.15, 0.2) is 0 Å². The fraction of sp³-hybridized carbons (Fsp3) is 0.294. The summed E-state index contributed by atoms with van der Waals surface area (Å²) in [5.74, 6) is -0.387. The highest BCUT2D eigenvalue weighted by Gasteiger charge is 2.14. The predicted molar refractivity (Wildman–Crippen MR) is 80.6 cm³/mol. The maximum Gasteiger partial charge on any atom is 0.144 e. The molecule has 0 aromatic heterocycles. The number of halogens is 2. The van der Waals surface area contributed by atoms with Gasteiger partial charge in [0.05, 0.1) is 5.02 Å². The first kappa shape index (κ1) is 15.0. The highest BCUT2D eigenvalue weighted by atomic mass is 35.5. The summed E-state index contributed by atoms with van der Waals surface area (Å²) < 4.78 is 13.9. The molecule has 20 heavy (non-hydrogen) atoms. The Bertz CT molecular complexity index is 583. The molecule has 0 aliphatic rings. The Balaban J connectivity index is 2.11. The van der Waals surface area contributed by atoms with Crippen molar-refractivity contribution in [2.45, 2.75) is 19.8 Å². The van der Waals surface area contributed by atoms with E-state index in [1.807, 2.05) is 25.1 Å². The van der Waals surface area contributed by atoms with Crippen LogP contribution >= 0.6 is 11.6 Å². The summed E-state index contributed by atoms with van der Waals surface area (Å²) in [6, 6.07) is 13.2. The number of rotatable bonds is 5. The minimum absolute atomic E-state index is 0.00948. The SMILES string of the molecule is Cc1cccc(CC(CO)Cc2cccc(Cl)c2F)c1. The standard InChI is InChI=1S/C17H18ClFO/c1-12-4-2-5-13(8-12)9-14(11-20)10-15-6-3-7-16(18)17(15)19/h2-8,14,20H,9-11H2,1H3. The quantitative estimate of drug-likeness (QED) is 0.876. The van der Waals surface area contributed by atoms with Crippen LogP contribution in [0.4, 0.5) is 4.39 Å². The molecule has 0 spiro atoms. The molecule has 2 aromatic rings. The lowest BCUT2D eigenvalue weighted by atomic mass is 9.92. The number of aliphatic hydroxyl groups excluding tert-OH is 1. The van der Waals surface area contributed by atoms with Gasteiger partial charge in [-0.1, -0.05) is 53.6 Å². The molecule has 2 rings (SSSR count). The van der Waals surface area contributed by atoms with Gasteiger partial charge < -0.3 is 5.11 Å². The Morgan fingerprint density at radius 3 is 2.60 bits per heavy atom. The van der Waals surface area contributed by atoms with Gasteiger partial charge in [-0.25, -0.2) is 4.39 Å². The fourth-order valence-electron chi connectivity index (χ4n) is 2.39. The van der Waals surface area contributed by atoms with E-state index in [9.17, 15) is 9.50 Å². The minimum atomic E-state index is -0.378. The van der Waals surface area contributed by atoms with Crippen LogP contribution in [0, 0.1) is 18.7 Å². The van der Waals surface area contributed by atoms with Gasteiger partial charge in [0.1, 0.15) is 5.82 Å². The third kappa shape index (κ3) is 3.81. The van der Waals surface area contributed by atoms with Gasteiger partial charge in [0.25, 0.3) is 0 Å². The highest BCUT2D eigenvalue weighted by molar-refractivity contribution is 6.30. The first-order valence-corrected chi connectivity index (χ1v) is 7.07. The van der Waals surface area contributed by atoms with E-state index in [4.69, 9.17) is 11.6 Å². The second-order valence-corrected chi connectivity index (χ2v) is 5.57. The summed E-state index contributed by atoms with van der Waals surface area (Å²) in [6.07, 6.45) is 1.21. The van der Waals surface area contributed by atoms with E-state index < -0.39 is 0 Å². The summed E-state index contributed by atoms with van der Waals surface area (Å²) in [5, 5.41) is 9.66. The zero-order valence-electron chi connectivity index (χ0n) is 11.4. The van der Waals surface area contributed by atoms with Gasteiger partial charge in [-0.15, -0.1) is 0 Å². The van der Waals surface area contributed by atoms with Crippen LogP contribution in [-0.4, -0.2) is 11.7 Å². The Kier molecular flexibility index (Phi) is 5.16. The van der Waals surface area contributed by atoms with Crippen LogP contribution in [0.2, 0.25) is 5.02 Å². The molecule has 1 N–H and O–H groups in total. The molecule has 1 unspecified atom stereocenters. The monoisotopic (exact) mass is 292 g/mol. The van der Waals surface area contributed by atoms with Gasteiger partial charge in [-0.2, -0.15) is 0 Å². The third-order valence-electron chi connectivity index (χ3n) is 3.41. The Morgan fingerprint density at radius 1 is 1.15 bits per heavy atom. The topological polar surface area (TPSA) is 20.2 Å². The van der Waals surface area contributed by atoms with Crippen molar-refractivity contribution in [2.24, 2.45) is 5.92 Å². The molecular weight excluding hydrogens is 275 g/mol. The van der Waals surface area contributed by atoms with Crippen LogP contribution in [0.3, 0.4) is 0 Å². The van der Waals surface area contributed by atoms with Crippen molar-refractivity contribution in [1.29, 1.82) is 0 Å².